The summed E-state index contributed by atoms with van der Waals surface area (Å²) >= 11 is 5.92. The van der Waals surface area contributed by atoms with Gasteiger partial charge in [0.25, 0.3) is 5.56 Å². The van der Waals surface area contributed by atoms with Crippen molar-refractivity contribution in [2.24, 2.45) is 0 Å². The Kier molecular flexibility index (Phi) is 7.50. The number of hydrogen-bond acceptors (Lipinski definition) is 5. The molecule has 1 heterocycles. The van der Waals surface area contributed by atoms with Crippen LogP contribution in [0.3, 0.4) is 0 Å². The average Bonchev–Trinajstić information content (AvgIpc) is 2.78. The van der Waals surface area contributed by atoms with Gasteiger partial charge in [0.05, 0.1) is 19.9 Å². The lowest BCUT2D eigenvalue weighted by atomic mass is 10.1. The molecule has 0 saturated heterocycles. The van der Waals surface area contributed by atoms with Crippen LogP contribution in [0.25, 0.3) is 11.3 Å². The normalized spacial score (nSPS) is 10.4. The molecule has 0 bridgehead atoms. The van der Waals surface area contributed by atoms with Crippen LogP contribution in [-0.2, 0) is 6.54 Å². The van der Waals surface area contributed by atoms with E-state index in [0.717, 1.165) is 5.56 Å². The summed E-state index contributed by atoms with van der Waals surface area (Å²) in [7, 11) is 3.07. The van der Waals surface area contributed by atoms with Crippen LogP contribution in [0.4, 0.5) is 10.5 Å². The molecule has 9 heteroatoms. The lowest BCUT2D eigenvalue weighted by Crippen LogP contribution is -2.31. The smallest absolute Gasteiger partial charge is 0.319 e. The second kappa shape index (κ2) is 10.5. The highest BCUT2D eigenvalue weighted by molar-refractivity contribution is 6.30. The van der Waals surface area contributed by atoms with Crippen molar-refractivity contribution >= 4 is 23.3 Å². The number of aryl methyl sites for hydroxylation is 1. The zero-order valence-corrected chi connectivity index (χ0v) is 18.0. The summed E-state index contributed by atoms with van der Waals surface area (Å²) < 4.78 is 11.8. The number of amides is 2. The molecule has 1 aromatic heterocycles. The maximum Gasteiger partial charge on any atom is 0.319 e. The summed E-state index contributed by atoms with van der Waals surface area (Å²) in [5, 5.41) is 10.5. The van der Waals surface area contributed by atoms with Gasteiger partial charge in [0.15, 0.2) is 11.5 Å². The fourth-order valence-electron chi connectivity index (χ4n) is 2.90. The van der Waals surface area contributed by atoms with Crippen LogP contribution in [0, 0.1) is 0 Å². The van der Waals surface area contributed by atoms with E-state index in [0.29, 0.717) is 47.4 Å². The van der Waals surface area contributed by atoms with Crippen molar-refractivity contribution in [3.05, 3.63) is 70.0 Å². The maximum atomic E-state index is 12.1. The first-order valence-electron chi connectivity index (χ1n) is 9.61. The van der Waals surface area contributed by atoms with Gasteiger partial charge in [-0.05, 0) is 36.8 Å². The Balaban J connectivity index is 1.52. The lowest BCUT2D eigenvalue weighted by Gasteiger charge is -2.11. The third-order valence-corrected chi connectivity index (χ3v) is 4.73. The molecule has 0 aliphatic rings. The van der Waals surface area contributed by atoms with E-state index in [-0.39, 0.29) is 11.6 Å². The van der Waals surface area contributed by atoms with E-state index < -0.39 is 0 Å². The summed E-state index contributed by atoms with van der Waals surface area (Å²) in [6.45, 7) is 0.745. The molecular weight excluding hydrogens is 420 g/mol. The number of rotatable bonds is 8. The number of nitrogens with zero attached hydrogens (tertiary/aromatic N) is 2. The number of nitrogens with one attached hydrogen (secondary N) is 2. The van der Waals surface area contributed by atoms with Crippen molar-refractivity contribution in [1.82, 2.24) is 15.1 Å². The van der Waals surface area contributed by atoms with Crippen LogP contribution in [0.5, 0.6) is 11.5 Å². The van der Waals surface area contributed by atoms with Gasteiger partial charge in [-0.15, -0.1) is 0 Å². The monoisotopic (exact) mass is 442 g/mol. The molecule has 2 aromatic carbocycles. The van der Waals surface area contributed by atoms with Crippen LogP contribution in [0.15, 0.2) is 59.4 Å². The average molecular weight is 443 g/mol. The molecule has 0 fully saturated rings. The number of halogens is 1. The maximum absolute atomic E-state index is 12.1. The number of carbonyl (C=O) groups is 1. The Morgan fingerprint density at radius 1 is 1.03 bits per heavy atom. The minimum Gasteiger partial charge on any atom is -0.493 e. The third-order valence-electron chi connectivity index (χ3n) is 4.48. The van der Waals surface area contributed by atoms with E-state index in [1.807, 2.05) is 12.1 Å². The predicted molar refractivity (Wildman–Crippen MR) is 120 cm³/mol. The number of hydrogen-bond donors (Lipinski definition) is 2. The van der Waals surface area contributed by atoms with Crippen LogP contribution in [-0.4, -0.2) is 36.6 Å². The minimum absolute atomic E-state index is 0.201. The Morgan fingerprint density at radius 2 is 1.77 bits per heavy atom. The number of aromatic nitrogens is 2. The predicted octanol–water partition coefficient (Wildman–Crippen LogP) is 3.79. The van der Waals surface area contributed by atoms with Gasteiger partial charge < -0.3 is 20.1 Å². The molecule has 0 aliphatic carbocycles. The molecule has 162 valence electrons. The number of carbonyl (C=O) groups excluding carboxylic acids is 1. The summed E-state index contributed by atoms with van der Waals surface area (Å²) in [5.74, 6) is 1.10. The van der Waals surface area contributed by atoms with E-state index in [4.69, 9.17) is 21.1 Å². The molecule has 0 spiro atoms. The fraction of sp³-hybridized carbons (Fsp3) is 0.227. The van der Waals surface area contributed by atoms with Gasteiger partial charge in [-0.1, -0.05) is 23.7 Å². The SMILES string of the molecule is COc1ccc(NC(=O)NCCCn2nc(-c3ccc(Cl)cc3)ccc2=O)cc1OC. The van der Waals surface area contributed by atoms with Crippen LogP contribution in [0.2, 0.25) is 5.02 Å². The molecule has 3 aromatic rings. The first kappa shape index (κ1) is 22.2. The zero-order valence-electron chi connectivity index (χ0n) is 17.2. The first-order chi connectivity index (χ1) is 15.0. The molecule has 0 atom stereocenters. The molecule has 0 radical (unpaired) electrons. The molecule has 2 amide bonds. The minimum atomic E-state index is -0.359. The highest BCUT2D eigenvalue weighted by Gasteiger charge is 2.08. The third kappa shape index (κ3) is 5.99. The van der Waals surface area contributed by atoms with Gasteiger partial charge in [-0.2, -0.15) is 5.10 Å². The van der Waals surface area contributed by atoms with E-state index in [1.165, 1.54) is 17.9 Å². The second-order valence-electron chi connectivity index (χ2n) is 6.59. The molecular formula is C22H23ClN4O4. The van der Waals surface area contributed by atoms with Crippen LogP contribution >= 0.6 is 11.6 Å². The van der Waals surface area contributed by atoms with Gasteiger partial charge >= 0.3 is 6.03 Å². The molecule has 2 N–H and O–H groups in total. The van der Waals surface area contributed by atoms with Gasteiger partial charge in [-0.25, -0.2) is 9.48 Å². The summed E-state index contributed by atoms with van der Waals surface area (Å²) in [6.07, 6.45) is 0.538. The van der Waals surface area contributed by atoms with Crippen LogP contribution in [0.1, 0.15) is 6.42 Å². The standard InChI is InChI=1S/C22H23ClN4O4/c1-30-19-10-8-17(14-20(19)31-2)25-22(29)24-12-3-13-27-21(28)11-9-18(26-27)15-4-6-16(23)7-5-15/h4-11,14H,3,12-13H2,1-2H3,(H2,24,25,29). The molecule has 3 rings (SSSR count). The lowest BCUT2D eigenvalue weighted by molar-refractivity contribution is 0.251. The number of urea groups is 1. The molecule has 31 heavy (non-hydrogen) atoms. The number of benzene rings is 2. The Bertz CT molecular complexity index is 1100. The van der Waals surface area contributed by atoms with Gasteiger partial charge in [0.1, 0.15) is 0 Å². The fourth-order valence-corrected chi connectivity index (χ4v) is 3.03. The summed E-state index contributed by atoms with van der Waals surface area (Å²) in [4.78, 5) is 24.2. The molecule has 0 aliphatic heterocycles. The number of methoxy groups -OCH3 is 2. The van der Waals surface area contributed by atoms with E-state index in [9.17, 15) is 9.59 Å². The molecule has 0 saturated carbocycles. The largest absolute Gasteiger partial charge is 0.493 e. The Morgan fingerprint density at radius 3 is 2.48 bits per heavy atom. The van der Waals surface area contributed by atoms with Crippen molar-refractivity contribution in [3.63, 3.8) is 0 Å². The van der Waals surface area contributed by atoms with Crippen LogP contribution < -0.4 is 25.7 Å². The highest BCUT2D eigenvalue weighted by Crippen LogP contribution is 2.29. The van der Waals surface area contributed by atoms with Gasteiger partial charge in [-0.3, -0.25) is 4.79 Å². The quantitative estimate of drug-likeness (QED) is 0.517. The van der Waals surface area contributed by atoms with E-state index in [1.54, 1.807) is 43.5 Å². The Hall–Kier alpha value is -3.52. The highest BCUT2D eigenvalue weighted by atomic mass is 35.5. The summed E-state index contributed by atoms with van der Waals surface area (Å²) in [6, 6.07) is 15.1. The second-order valence-corrected chi connectivity index (χ2v) is 7.03. The zero-order chi connectivity index (χ0) is 22.2. The Labute approximate surface area is 184 Å². The van der Waals surface area contributed by atoms with Crippen molar-refractivity contribution in [2.45, 2.75) is 13.0 Å². The van der Waals surface area contributed by atoms with E-state index in [2.05, 4.69) is 15.7 Å². The first-order valence-corrected chi connectivity index (χ1v) is 9.99. The van der Waals surface area contributed by atoms with Gasteiger partial charge in [0, 0.05) is 41.5 Å². The van der Waals surface area contributed by atoms with E-state index >= 15 is 0 Å². The van der Waals surface area contributed by atoms with Crippen molar-refractivity contribution in [2.75, 3.05) is 26.1 Å². The summed E-state index contributed by atoms with van der Waals surface area (Å²) in [5.41, 5.74) is 1.91. The molecule has 0 unspecified atom stereocenters. The number of anilines is 1. The van der Waals surface area contributed by atoms with Crippen molar-refractivity contribution < 1.29 is 14.3 Å². The number of ether oxygens (including phenoxy) is 2. The van der Waals surface area contributed by atoms with Gasteiger partial charge in [0.2, 0.25) is 0 Å². The van der Waals surface area contributed by atoms with Crippen molar-refractivity contribution in [1.29, 1.82) is 0 Å². The topological polar surface area (TPSA) is 94.5 Å². The van der Waals surface area contributed by atoms with Crippen molar-refractivity contribution in [3.8, 4) is 22.8 Å². The molecule has 8 nitrogen and oxygen atoms in total.